The van der Waals surface area contributed by atoms with Crippen LogP contribution in [0.25, 0.3) is 10.9 Å². The quantitative estimate of drug-likeness (QED) is 0.327. The molecule has 0 spiro atoms. The Morgan fingerprint density at radius 2 is 2.00 bits per heavy atom. The second kappa shape index (κ2) is 11.8. The van der Waals surface area contributed by atoms with E-state index in [1.165, 1.54) is 17.0 Å². The summed E-state index contributed by atoms with van der Waals surface area (Å²) in [6.07, 6.45) is 1.70. The van der Waals surface area contributed by atoms with E-state index in [1.807, 2.05) is 0 Å². The molecule has 1 saturated heterocycles. The van der Waals surface area contributed by atoms with E-state index in [1.54, 1.807) is 24.3 Å². The third-order valence-corrected chi connectivity index (χ3v) is 6.96. The number of ether oxygens (including phenoxy) is 3. The molecule has 1 aromatic heterocycles. The number of ketones is 1. The topological polar surface area (TPSA) is 166 Å². The number of Topliss-reactive ketones (excluding diaryl/α,β-unsaturated/α-hetero) is 1. The third kappa shape index (κ3) is 6.13. The Balaban J connectivity index is 1.11. The van der Waals surface area contributed by atoms with Crippen LogP contribution in [0.5, 0.6) is 11.5 Å². The fraction of sp³-hybridized carbons (Fsp3) is 0.393. The molecule has 2 aromatic carbocycles. The van der Waals surface area contributed by atoms with Gasteiger partial charge in [-0.05, 0) is 43.1 Å². The summed E-state index contributed by atoms with van der Waals surface area (Å²) >= 11 is 0. The molecule has 0 unspecified atom stereocenters. The van der Waals surface area contributed by atoms with Gasteiger partial charge in [-0.15, -0.1) is 0 Å². The lowest BCUT2D eigenvalue weighted by Crippen LogP contribution is -2.48. The molecule has 3 aromatic rings. The first-order chi connectivity index (χ1) is 19.3. The van der Waals surface area contributed by atoms with E-state index in [0.29, 0.717) is 29.4 Å². The summed E-state index contributed by atoms with van der Waals surface area (Å²) in [5, 5.41) is 23.3. The zero-order valence-corrected chi connectivity index (χ0v) is 21.6. The van der Waals surface area contributed by atoms with Crippen LogP contribution in [0.2, 0.25) is 0 Å². The van der Waals surface area contributed by atoms with Crippen LogP contribution in [0.3, 0.4) is 0 Å². The molecule has 0 aliphatic carbocycles. The molecular formula is C28H29N3O9. The molecule has 2 aliphatic rings. The molecule has 12 nitrogen and oxygen atoms in total. The van der Waals surface area contributed by atoms with Crippen LogP contribution in [0.4, 0.5) is 0 Å². The molecule has 2 aliphatic heterocycles. The van der Waals surface area contributed by atoms with E-state index in [0.717, 1.165) is 12.5 Å². The number of nitrogens with zero attached hydrogens (tertiary/aromatic N) is 2. The monoisotopic (exact) mass is 551 g/mol. The minimum atomic E-state index is -0.738. The molecule has 210 valence electrons. The van der Waals surface area contributed by atoms with Gasteiger partial charge in [0.25, 0.3) is 5.56 Å². The van der Waals surface area contributed by atoms with E-state index in [4.69, 9.17) is 14.2 Å². The average molecular weight is 552 g/mol. The van der Waals surface area contributed by atoms with Crippen molar-refractivity contribution < 1.29 is 38.8 Å². The fourth-order valence-electron chi connectivity index (χ4n) is 5.12. The number of piperidine rings is 1. The predicted molar refractivity (Wildman–Crippen MR) is 140 cm³/mol. The van der Waals surface area contributed by atoms with E-state index < -0.39 is 30.2 Å². The number of fused-ring (bicyclic) bond motifs is 2. The SMILES string of the molecule is O=C(C[C@H]1NCCC[C@@H]1OC(=O)COC[C@H]1Cc2cc(O)cc(O)c2C(=O)O1)Cn1cnc2ccccc2c1=O. The van der Waals surface area contributed by atoms with Crippen molar-refractivity contribution in [3.8, 4) is 11.5 Å². The molecule has 12 heteroatoms. The number of cyclic esters (lactones) is 1. The number of hydrogen-bond acceptors (Lipinski definition) is 11. The Kier molecular flexibility index (Phi) is 8.08. The molecular weight excluding hydrogens is 522 g/mol. The van der Waals surface area contributed by atoms with Gasteiger partial charge in [0.1, 0.15) is 35.9 Å². The second-order valence-electron chi connectivity index (χ2n) is 9.91. The van der Waals surface area contributed by atoms with Gasteiger partial charge in [-0.1, -0.05) is 12.1 Å². The van der Waals surface area contributed by atoms with Gasteiger partial charge in [0, 0.05) is 18.9 Å². The Morgan fingerprint density at radius 1 is 1.18 bits per heavy atom. The largest absolute Gasteiger partial charge is 0.508 e. The maximum absolute atomic E-state index is 12.8. The number of rotatable bonds is 9. The van der Waals surface area contributed by atoms with Crippen LogP contribution in [0.15, 0.2) is 47.5 Å². The van der Waals surface area contributed by atoms with Crippen molar-refractivity contribution in [2.75, 3.05) is 19.8 Å². The van der Waals surface area contributed by atoms with Crippen LogP contribution >= 0.6 is 0 Å². The number of phenols is 2. The van der Waals surface area contributed by atoms with Crippen molar-refractivity contribution in [2.24, 2.45) is 0 Å². The number of phenolic OH excluding ortho intramolecular Hbond substituents is 2. The van der Waals surface area contributed by atoms with E-state index in [-0.39, 0.29) is 61.0 Å². The van der Waals surface area contributed by atoms with Crippen LogP contribution in [-0.2, 0) is 36.8 Å². The summed E-state index contributed by atoms with van der Waals surface area (Å²) in [7, 11) is 0. The Hall–Kier alpha value is -4.29. The van der Waals surface area contributed by atoms with Gasteiger partial charge in [-0.25, -0.2) is 14.6 Å². The number of nitrogens with one attached hydrogen (secondary N) is 1. The Bertz CT molecular complexity index is 1500. The summed E-state index contributed by atoms with van der Waals surface area (Å²) in [5.41, 5.74) is 0.689. The lowest BCUT2D eigenvalue weighted by atomic mass is 9.96. The first-order valence-corrected chi connectivity index (χ1v) is 13.0. The van der Waals surface area contributed by atoms with E-state index in [2.05, 4.69) is 10.3 Å². The highest BCUT2D eigenvalue weighted by Gasteiger charge is 2.32. The normalized spacial score (nSPS) is 20.5. The van der Waals surface area contributed by atoms with Gasteiger partial charge in [-0.2, -0.15) is 0 Å². The number of aromatic nitrogens is 2. The minimum absolute atomic E-state index is 0.000557. The number of benzene rings is 2. The lowest BCUT2D eigenvalue weighted by molar-refractivity contribution is -0.158. The molecule has 0 radical (unpaired) electrons. The van der Waals surface area contributed by atoms with Crippen LogP contribution in [0.1, 0.15) is 35.2 Å². The molecule has 3 N–H and O–H groups in total. The van der Waals surface area contributed by atoms with Crippen LogP contribution in [-0.4, -0.2) is 75.5 Å². The number of aromatic hydroxyl groups is 2. The number of carbonyl (C=O) groups excluding carboxylic acids is 3. The standard InChI is InChI=1S/C28H29N3O9/c32-17-8-16-9-19(39-28(37)26(16)23(34)11-17)13-38-14-25(35)40-24-6-3-7-29-22(24)10-18(33)12-31-15-30-21-5-2-1-4-20(21)27(31)36/h1-2,4-5,8,11,15,19,22,24,29,32,34H,3,6-7,9-10,12-14H2/t19-,22-,24+/m1/s1. The van der Waals surface area contributed by atoms with Gasteiger partial charge in [0.15, 0.2) is 5.78 Å². The Morgan fingerprint density at radius 3 is 2.85 bits per heavy atom. The fourth-order valence-corrected chi connectivity index (χ4v) is 5.12. The average Bonchev–Trinajstić information content (AvgIpc) is 2.91. The maximum atomic E-state index is 12.8. The van der Waals surface area contributed by atoms with Gasteiger partial charge in [-0.3, -0.25) is 14.2 Å². The van der Waals surface area contributed by atoms with Crippen molar-refractivity contribution in [2.45, 2.75) is 50.5 Å². The highest BCUT2D eigenvalue weighted by molar-refractivity contribution is 5.95. The first kappa shape index (κ1) is 27.3. The summed E-state index contributed by atoms with van der Waals surface area (Å²) < 4.78 is 17.6. The molecule has 0 saturated carbocycles. The minimum Gasteiger partial charge on any atom is -0.508 e. The van der Waals surface area contributed by atoms with Crippen molar-refractivity contribution in [3.63, 3.8) is 0 Å². The van der Waals surface area contributed by atoms with Crippen molar-refractivity contribution >= 4 is 28.6 Å². The smallest absolute Gasteiger partial charge is 0.342 e. The van der Waals surface area contributed by atoms with Crippen molar-refractivity contribution in [1.29, 1.82) is 0 Å². The van der Waals surface area contributed by atoms with Gasteiger partial charge in [0.2, 0.25) is 0 Å². The van der Waals surface area contributed by atoms with Crippen molar-refractivity contribution in [3.05, 3.63) is 64.2 Å². The molecule has 1 fully saturated rings. The summed E-state index contributed by atoms with van der Waals surface area (Å²) in [6.45, 7) is 0.0502. The van der Waals surface area contributed by atoms with Crippen LogP contribution in [0, 0.1) is 0 Å². The van der Waals surface area contributed by atoms with E-state index in [9.17, 15) is 29.4 Å². The summed E-state index contributed by atoms with van der Waals surface area (Å²) in [6, 6.07) is 8.95. The lowest BCUT2D eigenvalue weighted by Gasteiger charge is -2.32. The molecule has 5 rings (SSSR count). The highest BCUT2D eigenvalue weighted by Crippen LogP contribution is 2.32. The van der Waals surface area contributed by atoms with Gasteiger partial charge in [0.05, 0.1) is 36.4 Å². The third-order valence-electron chi connectivity index (χ3n) is 6.96. The number of esters is 2. The Labute approximate surface area is 228 Å². The molecule has 3 heterocycles. The summed E-state index contributed by atoms with van der Waals surface area (Å²) in [5.74, 6) is -2.11. The second-order valence-corrected chi connectivity index (χ2v) is 9.91. The van der Waals surface area contributed by atoms with Gasteiger partial charge < -0.3 is 29.7 Å². The van der Waals surface area contributed by atoms with Crippen molar-refractivity contribution in [1.82, 2.24) is 14.9 Å². The summed E-state index contributed by atoms with van der Waals surface area (Å²) in [4.78, 5) is 54.5. The zero-order valence-electron chi connectivity index (χ0n) is 21.6. The predicted octanol–water partition coefficient (Wildman–Crippen LogP) is 1.23. The number of hydrogen-bond donors (Lipinski definition) is 3. The number of para-hydroxylation sites is 1. The molecule has 0 amide bonds. The molecule has 3 atom stereocenters. The highest BCUT2D eigenvalue weighted by atomic mass is 16.6. The first-order valence-electron chi connectivity index (χ1n) is 13.0. The van der Waals surface area contributed by atoms with Gasteiger partial charge >= 0.3 is 11.9 Å². The van der Waals surface area contributed by atoms with Crippen LogP contribution < -0.4 is 10.9 Å². The number of carbonyl (C=O) groups is 3. The molecule has 40 heavy (non-hydrogen) atoms. The maximum Gasteiger partial charge on any atom is 0.342 e. The van der Waals surface area contributed by atoms with E-state index >= 15 is 0 Å². The zero-order chi connectivity index (χ0) is 28.2. The molecule has 0 bridgehead atoms.